The standard InChI is InChI=1S/C15H23N3O2S/c1-3-7-18-15(13(19)20)6-4-5-12(8-15)21-14-16-9-11(2)10-17-14/h9-10,12,18H,3-8H2,1-2H3,(H,19,20). The highest BCUT2D eigenvalue weighted by Crippen LogP contribution is 2.37. The fraction of sp³-hybridized carbons (Fsp3) is 0.667. The van der Waals surface area contributed by atoms with E-state index < -0.39 is 11.5 Å². The Morgan fingerprint density at radius 1 is 1.52 bits per heavy atom. The smallest absolute Gasteiger partial charge is 0.323 e. The zero-order valence-corrected chi connectivity index (χ0v) is 13.4. The maximum absolute atomic E-state index is 11.7. The van der Waals surface area contributed by atoms with Crippen LogP contribution in [0.4, 0.5) is 0 Å². The first-order valence-corrected chi connectivity index (χ1v) is 8.37. The summed E-state index contributed by atoms with van der Waals surface area (Å²) >= 11 is 1.60. The predicted molar refractivity (Wildman–Crippen MR) is 83.5 cm³/mol. The van der Waals surface area contributed by atoms with Crippen LogP contribution in [0.5, 0.6) is 0 Å². The van der Waals surface area contributed by atoms with E-state index in [1.807, 2.05) is 6.92 Å². The largest absolute Gasteiger partial charge is 0.480 e. The first-order valence-electron chi connectivity index (χ1n) is 7.49. The maximum Gasteiger partial charge on any atom is 0.323 e. The van der Waals surface area contributed by atoms with E-state index in [-0.39, 0.29) is 5.25 Å². The molecule has 1 aromatic rings. The van der Waals surface area contributed by atoms with E-state index in [9.17, 15) is 9.90 Å². The van der Waals surface area contributed by atoms with Gasteiger partial charge in [-0.05, 0) is 51.1 Å². The van der Waals surface area contributed by atoms with Gasteiger partial charge < -0.3 is 10.4 Å². The minimum Gasteiger partial charge on any atom is -0.480 e. The highest BCUT2D eigenvalue weighted by atomic mass is 32.2. The maximum atomic E-state index is 11.7. The molecule has 1 aliphatic rings. The fourth-order valence-corrected chi connectivity index (χ4v) is 3.89. The molecular formula is C15H23N3O2S. The summed E-state index contributed by atoms with van der Waals surface area (Å²) in [5, 5.41) is 13.9. The number of aryl methyl sites for hydroxylation is 1. The number of hydrogen-bond acceptors (Lipinski definition) is 5. The van der Waals surface area contributed by atoms with E-state index in [1.54, 1.807) is 24.2 Å². The zero-order valence-electron chi connectivity index (χ0n) is 12.6. The van der Waals surface area contributed by atoms with Crippen LogP contribution in [0.2, 0.25) is 0 Å². The minimum absolute atomic E-state index is 0.252. The third-order valence-corrected chi connectivity index (χ3v) is 5.02. The molecule has 2 unspecified atom stereocenters. The Morgan fingerprint density at radius 3 is 2.86 bits per heavy atom. The molecule has 0 aliphatic heterocycles. The molecule has 1 aromatic heterocycles. The number of aliphatic carboxylic acids is 1. The van der Waals surface area contributed by atoms with E-state index >= 15 is 0 Å². The number of carbonyl (C=O) groups is 1. The van der Waals surface area contributed by atoms with Crippen molar-refractivity contribution < 1.29 is 9.90 Å². The van der Waals surface area contributed by atoms with Crippen LogP contribution >= 0.6 is 11.8 Å². The average molecular weight is 309 g/mol. The highest BCUT2D eigenvalue weighted by molar-refractivity contribution is 7.99. The number of nitrogens with one attached hydrogen (secondary N) is 1. The number of carboxylic acids is 1. The number of rotatable bonds is 6. The first kappa shape index (κ1) is 16.2. The Kier molecular flexibility index (Phi) is 5.58. The summed E-state index contributed by atoms with van der Waals surface area (Å²) in [5.41, 5.74) is 0.254. The molecule has 1 saturated carbocycles. The second-order valence-electron chi connectivity index (χ2n) is 5.69. The Bertz CT molecular complexity index is 480. The van der Waals surface area contributed by atoms with Crippen LogP contribution in [-0.2, 0) is 4.79 Å². The van der Waals surface area contributed by atoms with Crippen molar-refractivity contribution >= 4 is 17.7 Å². The lowest BCUT2D eigenvalue weighted by Gasteiger charge is -2.37. The van der Waals surface area contributed by atoms with Crippen LogP contribution in [0.15, 0.2) is 17.6 Å². The summed E-state index contributed by atoms with van der Waals surface area (Å²) in [6.07, 6.45) is 7.82. The van der Waals surface area contributed by atoms with Crippen molar-refractivity contribution in [2.75, 3.05) is 6.54 Å². The Labute approximate surface area is 130 Å². The molecule has 0 bridgehead atoms. The summed E-state index contributed by atoms with van der Waals surface area (Å²) in [6.45, 7) is 4.75. The van der Waals surface area contributed by atoms with Gasteiger partial charge in [0.25, 0.3) is 0 Å². The molecule has 2 rings (SSSR count). The Morgan fingerprint density at radius 2 is 2.24 bits per heavy atom. The molecule has 0 radical (unpaired) electrons. The van der Waals surface area contributed by atoms with Crippen molar-refractivity contribution in [3.63, 3.8) is 0 Å². The fourth-order valence-electron chi connectivity index (χ4n) is 2.71. The molecule has 5 nitrogen and oxygen atoms in total. The average Bonchev–Trinajstić information content (AvgIpc) is 2.48. The second-order valence-corrected chi connectivity index (χ2v) is 6.96. The third-order valence-electron chi connectivity index (χ3n) is 3.86. The van der Waals surface area contributed by atoms with Crippen molar-refractivity contribution in [3.05, 3.63) is 18.0 Å². The van der Waals surface area contributed by atoms with E-state index in [4.69, 9.17) is 0 Å². The van der Waals surface area contributed by atoms with Crippen LogP contribution in [0.1, 0.15) is 44.6 Å². The van der Waals surface area contributed by atoms with Crippen molar-refractivity contribution in [1.29, 1.82) is 0 Å². The second kappa shape index (κ2) is 7.22. The van der Waals surface area contributed by atoms with Gasteiger partial charge in [0.1, 0.15) is 5.54 Å². The van der Waals surface area contributed by atoms with E-state index in [0.29, 0.717) is 12.8 Å². The van der Waals surface area contributed by atoms with Gasteiger partial charge in [-0.3, -0.25) is 4.79 Å². The van der Waals surface area contributed by atoms with Crippen molar-refractivity contribution in [3.8, 4) is 0 Å². The molecule has 6 heteroatoms. The normalized spacial score (nSPS) is 25.7. The van der Waals surface area contributed by atoms with Crippen LogP contribution < -0.4 is 5.32 Å². The number of carboxylic acid groups (broad SMARTS) is 1. The zero-order chi connectivity index (χ0) is 15.3. The van der Waals surface area contributed by atoms with Crippen LogP contribution in [-0.4, -0.2) is 38.4 Å². The topological polar surface area (TPSA) is 75.1 Å². The van der Waals surface area contributed by atoms with E-state index in [2.05, 4.69) is 22.2 Å². The summed E-state index contributed by atoms with van der Waals surface area (Å²) in [5.74, 6) is -0.730. The van der Waals surface area contributed by atoms with Crippen molar-refractivity contribution in [1.82, 2.24) is 15.3 Å². The summed E-state index contributed by atoms with van der Waals surface area (Å²) in [7, 11) is 0. The number of aromatic nitrogens is 2. The van der Waals surface area contributed by atoms with Gasteiger partial charge in [-0.15, -0.1) is 0 Å². The van der Waals surface area contributed by atoms with Crippen molar-refractivity contribution in [2.24, 2.45) is 0 Å². The summed E-state index contributed by atoms with van der Waals surface area (Å²) in [4.78, 5) is 20.3. The predicted octanol–water partition coefficient (Wildman–Crippen LogP) is 2.64. The van der Waals surface area contributed by atoms with Gasteiger partial charge in [-0.1, -0.05) is 18.7 Å². The monoisotopic (exact) mass is 309 g/mol. The molecule has 2 atom stereocenters. The van der Waals surface area contributed by atoms with Crippen LogP contribution in [0.3, 0.4) is 0 Å². The molecule has 1 aliphatic carbocycles. The summed E-state index contributed by atoms with van der Waals surface area (Å²) in [6, 6.07) is 0. The van der Waals surface area contributed by atoms with Crippen molar-refractivity contribution in [2.45, 2.75) is 61.9 Å². The Hall–Kier alpha value is -1.14. The van der Waals surface area contributed by atoms with Crippen LogP contribution in [0.25, 0.3) is 0 Å². The molecule has 0 saturated heterocycles. The molecule has 2 N–H and O–H groups in total. The van der Waals surface area contributed by atoms with Gasteiger partial charge in [0.05, 0.1) is 0 Å². The molecule has 1 heterocycles. The van der Waals surface area contributed by atoms with Gasteiger partial charge in [0.15, 0.2) is 5.16 Å². The molecular weight excluding hydrogens is 286 g/mol. The Balaban J connectivity index is 2.04. The minimum atomic E-state index is -0.781. The number of nitrogens with zero attached hydrogens (tertiary/aromatic N) is 2. The summed E-state index contributed by atoms with van der Waals surface area (Å²) < 4.78 is 0. The molecule has 116 valence electrons. The molecule has 21 heavy (non-hydrogen) atoms. The number of thioether (sulfide) groups is 1. The van der Waals surface area contributed by atoms with Gasteiger partial charge in [0, 0.05) is 17.6 Å². The van der Waals surface area contributed by atoms with Gasteiger partial charge in [-0.25, -0.2) is 9.97 Å². The SMILES string of the molecule is CCCNC1(C(=O)O)CCCC(Sc2ncc(C)cn2)C1. The molecule has 1 fully saturated rings. The molecule has 0 aromatic carbocycles. The van der Waals surface area contributed by atoms with Gasteiger partial charge >= 0.3 is 5.97 Å². The molecule has 0 spiro atoms. The quantitative estimate of drug-likeness (QED) is 0.787. The molecule has 0 amide bonds. The lowest BCUT2D eigenvalue weighted by molar-refractivity contribution is -0.146. The lowest BCUT2D eigenvalue weighted by atomic mass is 9.81. The first-order chi connectivity index (χ1) is 10.1. The van der Waals surface area contributed by atoms with E-state index in [1.165, 1.54) is 0 Å². The van der Waals surface area contributed by atoms with Crippen LogP contribution in [0, 0.1) is 6.92 Å². The third kappa shape index (κ3) is 4.17. The van der Waals surface area contributed by atoms with E-state index in [0.717, 1.165) is 36.5 Å². The van der Waals surface area contributed by atoms with Gasteiger partial charge in [0.2, 0.25) is 0 Å². The van der Waals surface area contributed by atoms with Gasteiger partial charge in [-0.2, -0.15) is 0 Å². The number of hydrogen-bond donors (Lipinski definition) is 2. The highest BCUT2D eigenvalue weighted by Gasteiger charge is 2.42. The lowest BCUT2D eigenvalue weighted by Crippen LogP contribution is -2.55.